The van der Waals surface area contributed by atoms with E-state index in [9.17, 15) is 9.59 Å². The Bertz CT molecular complexity index is 949. The van der Waals surface area contributed by atoms with E-state index in [0.29, 0.717) is 28.5 Å². The number of aryl methyl sites for hydroxylation is 1. The summed E-state index contributed by atoms with van der Waals surface area (Å²) in [5, 5.41) is 7.45. The number of nitrogens with zero attached hydrogens (tertiary/aromatic N) is 1. The highest BCUT2D eigenvalue weighted by atomic mass is 35.5. The van der Waals surface area contributed by atoms with Crippen LogP contribution in [0, 0.1) is 0 Å². The second-order valence-electron chi connectivity index (χ2n) is 6.03. The van der Waals surface area contributed by atoms with Crippen LogP contribution in [0.4, 0.5) is 5.69 Å². The van der Waals surface area contributed by atoms with E-state index in [-0.39, 0.29) is 5.91 Å². The summed E-state index contributed by atoms with van der Waals surface area (Å²) in [6.45, 7) is 1.56. The van der Waals surface area contributed by atoms with Crippen molar-refractivity contribution in [2.45, 2.75) is 13.0 Å². The van der Waals surface area contributed by atoms with E-state index in [0.717, 1.165) is 30.2 Å². The minimum absolute atomic E-state index is 0.218. The number of carbonyl (C=O) groups excluding carboxylic acids is 2. The number of hydrogen-bond donors (Lipinski definition) is 2. The minimum atomic E-state index is -0.218. The van der Waals surface area contributed by atoms with Crippen LogP contribution in [-0.2, 0) is 6.54 Å². The average Bonchev–Trinajstić information content (AvgIpc) is 2.99. The van der Waals surface area contributed by atoms with E-state index in [4.69, 9.17) is 11.6 Å². The highest BCUT2D eigenvalue weighted by Crippen LogP contribution is 2.22. The Morgan fingerprint density at radius 3 is 2.77 bits per heavy atom. The largest absolute Gasteiger partial charge is 0.338 e. The van der Waals surface area contributed by atoms with Crippen molar-refractivity contribution in [3.05, 3.63) is 64.8 Å². The summed E-state index contributed by atoms with van der Waals surface area (Å²) < 4.78 is 1.95. The molecule has 5 nitrogen and oxygen atoms in total. The van der Waals surface area contributed by atoms with Crippen LogP contribution in [-0.4, -0.2) is 30.4 Å². The highest BCUT2D eigenvalue weighted by molar-refractivity contribution is 6.31. The third-order valence-corrected chi connectivity index (χ3v) is 4.45. The third kappa shape index (κ3) is 3.95. The Labute approximate surface area is 157 Å². The molecule has 2 N–H and O–H groups in total. The number of hydrogen-bond acceptors (Lipinski definition) is 3. The molecule has 0 aliphatic carbocycles. The number of nitrogens with one attached hydrogen (secondary N) is 2. The number of halogens is 1. The van der Waals surface area contributed by atoms with E-state index in [1.807, 2.05) is 29.8 Å². The predicted octanol–water partition coefficient (Wildman–Crippen LogP) is 3.97. The summed E-state index contributed by atoms with van der Waals surface area (Å²) >= 11 is 5.96. The van der Waals surface area contributed by atoms with Crippen molar-refractivity contribution in [2.75, 3.05) is 18.9 Å². The second kappa shape index (κ2) is 8.17. The van der Waals surface area contributed by atoms with Crippen molar-refractivity contribution in [3.63, 3.8) is 0 Å². The molecule has 2 aromatic carbocycles. The molecule has 0 saturated carbocycles. The summed E-state index contributed by atoms with van der Waals surface area (Å²) in [4.78, 5) is 24.0. The van der Waals surface area contributed by atoms with Gasteiger partial charge in [-0.2, -0.15) is 0 Å². The van der Waals surface area contributed by atoms with Crippen LogP contribution < -0.4 is 10.6 Å². The van der Waals surface area contributed by atoms with Crippen LogP contribution >= 0.6 is 11.6 Å². The van der Waals surface area contributed by atoms with Crippen molar-refractivity contribution < 1.29 is 9.59 Å². The molecule has 0 fully saturated rings. The minimum Gasteiger partial charge on any atom is -0.338 e. The second-order valence-corrected chi connectivity index (χ2v) is 6.47. The van der Waals surface area contributed by atoms with Gasteiger partial charge in [-0.3, -0.25) is 9.59 Å². The van der Waals surface area contributed by atoms with Crippen molar-refractivity contribution >= 4 is 40.4 Å². The molecule has 1 amide bonds. The Kier molecular flexibility index (Phi) is 5.71. The normalized spacial score (nSPS) is 10.8. The molecule has 1 heterocycles. The number of amides is 1. The van der Waals surface area contributed by atoms with E-state index in [1.165, 1.54) is 0 Å². The van der Waals surface area contributed by atoms with Crippen LogP contribution in [0.15, 0.2) is 48.5 Å². The molecule has 3 rings (SSSR count). The van der Waals surface area contributed by atoms with Gasteiger partial charge in [-0.25, -0.2) is 0 Å². The quantitative estimate of drug-likeness (QED) is 0.489. The fourth-order valence-electron chi connectivity index (χ4n) is 2.95. The van der Waals surface area contributed by atoms with Gasteiger partial charge in [0.15, 0.2) is 6.29 Å². The number of aldehydes is 1. The molecule has 0 bridgehead atoms. The van der Waals surface area contributed by atoms with Crippen LogP contribution in [0.1, 0.15) is 27.3 Å². The van der Waals surface area contributed by atoms with Gasteiger partial charge < -0.3 is 15.2 Å². The van der Waals surface area contributed by atoms with Gasteiger partial charge in [-0.1, -0.05) is 23.7 Å². The first-order valence-electron chi connectivity index (χ1n) is 8.42. The maximum absolute atomic E-state index is 12.6. The lowest BCUT2D eigenvalue weighted by Crippen LogP contribution is -2.13. The van der Waals surface area contributed by atoms with Gasteiger partial charge in [-0.05, 0) is 56.4 Å². The number of anilines is 1. The maximum Gasteiger partial charge on any atom is 0.255 e. The Morgan fingerprint density at radius 2 is 2.04 bits per heavy atom. The van der Waals surface area contributed by atoms with Crippen molar-refractivity contribution in [1.82, 2.24) is 9.88 Å². The third-order valence-electron chi connectivity index (χ3n) is 4.21. The van der Waals surface area contributed by atoms with Gasteiger partial charge >= 0.3 is 0 Å². The van der Waals surface area contributed by atoms with Gasteiger partial charge in [0.25, 0.3) is 5.91 Å². The molecule has 0 radical (unpaired) electrons. The van der Waals surface area contributed by atoms with Crippen molar-refractivity contribution in [2.24, 2.45) is 0 Å². The molecule has 0 aliphatic heterocycles. The van der Waals surface area contributed by atoms with Crippen molar-refractivity contribution in [3.8, 4) is 0 Å². The summed E-state index contributed by atoms with van der Waals surface area (Å²) in [6.07, 6.45) is 1.74. The molecular formula is C20H20ClN3O2. The molecule has 0 spiro atoms. The number of aromatic nitrogens is 1. The van der Waals surface area contributed by atoms with E-state index in [1.54, 1.807) is 30.3 Å². The smallest absolute Gasteiger partial charge is 0.255 e. The number of rotatable bonds is 7. The summed E-state index contributed by atoms with van der Waals surface area (Å²) in [5.74, 6) is -0.218. The zero-order valence-corrected chi connectivity index (χ0v) is 15.2. The lowest BCUT2D eigenvalue weighted by Gasteiger charge is -2.09. The first-order chi connectivity index (χ1) is 12.6. The zero-order valence-electron chi connectivity index (χ0n) is 14.5. The molecule has 0 unspecified atom stereocenters. The van der Waals surface area contributed by atoms with Gasteiger partial charge in [0.2, 0.25) is 0 Å². The molecule has 6 heteroatoms. The van der Waals surface area contributed by atoms with Gasteiger partial charge in [0, 0.05) is 33.7 Å². The number of benzene rings is 2. The summed E-state index contributed by atoms with van der Waals surface area (Å²) in [6, 6.07) is 14.3. The molecule has 26 heavy (non-hydrogen) atoms. The average molecular weight is 370 g/mol. The van der Waals surface area contributed by atoms with Crippen LogP contribution in [0.25, 0.3) is 10.9 Å². The molecule has 0 atom stereocenters. The monoisotopic (exact) mass is 369 g/mol. The SMILES string of the molecule is CNCCCn1c(C=O)cc2ccc(C(=O)Nc3cccc(Cl)c3)cc21. The molecule has 0 saturated heterocycles. The van der Waals surface area contributed by atoms with E-state index >= 15 is 0 Å². The zero-order chi connectivity index (χ0) is 18.5. The lowest BCUT2D eigenvalue weighted by atomic mass is 10.1. The molecule has 0 aliphatic rings. The first kappa shape index (κ1) is 18.2. The standard InChI is InChI=1S/C20H20ClN3O2/c1-22-8-3-9-24-18(13-25)10-14-6-7-15(11-19(14)24)20(26)23-17-5-2-4-16(21)12-17/h2,4-7,10-13,22H,3,8-9H2,1H3,(H,23,26). The van der Waals surface area contributed by atoms with E-state index < -0.39 is 0 Å². The molecule has 3 aromatic rings. The van der Waals surface area contributed by atoms with Crippen LogP contribution in [0.2, 0.25) is 5.02 Å². The fourth-order valence-corrected chi connectivity index (χ4v) is 3.14. The van der Waals surface area contributed by atoms with E-state index in [2.05, 4.69) is 10.6 Å². The molecule has 1 aromatic heterocycles. The van der Waals surface area contributed by atoms with Gasteiger partial charge in [0.1, 0.15) is 0 Å². The highest BCUT2D eigenvalue weighted by Gasteiger charge is 2.12. The molecule has 134 valence electrons. The van der Waals surface area contributed by atoms with Crippen LogP contribution in [0.3, 0.4) is 0 Å². The topological polar surface area (TPSA) is 63.1 Å². The van der Waals surface area contributed by atoms with Gasteiger partial charge in [-0.15, -0.1) is 0 Å². The Hall–Kier alpha value is -2.63. The fraction of sp³-hybridized carbons (Fsp3) is 0.200. The number of carbonyl (C=O) groups is 2. The Balaban J connectivity index is 1.90. The molecular weight excluding hydrogens is 350 g/mol. The Morgan fingerprint density at radius 1 is 1.19 bits per heavy atom. The van der Waals surface area contributed by atoms with Crippen LogP contribution in [0.5, 0.6) is 0 Å². The number of fused-ring (bicyclic) bond motifs is 1. The van der Waals surface area contributed by atoms with Gasteiger partial charge in [0.05, 0.1) is 5.69 Å². The summed E-state index contributed by atoms with van der Waals surface area (Å²) in [7, 11) is 1.90. The predicted molar refractivity (Wildman–Crippen MR) is 105 cm³/mol. The summed E-state index contributed by atoms with van der Waals surface area (Å²) in [5.41, 5.74) is 2.66. The lowest BCUT2D eigenvalue weighted by molar-refractivity contribution is 0.102. The maximum atomic E-state index is 12.6. The first-order valence-corrected chi connectivity index (χ1v) is 8.80. The van der Waals surface area contributed by atoms with Crippen molar-refractivity contribution in [1.29, 1.82) is 0 Å².